The number of nitrogens with zero attached hydrogens (tertiary/aromatic N) is 3. The summed E-state index contributed by atoms with van der Waals surface area (Å²) >= 11 is 0. The van der Waals surface area contributed by atoms with Gasteiger partial charge in [0.2, 0.25) is 15.0 Å². The van der Waals surface area contributed by atoms with Gasteiger partial charge in [-0.3, -0.25) is 0 Å². The van der Waals surface area contributed by atoms with Crippen molar-refractivity contribution in [1.29, 1.82) is 0 Å². The maximum Gasteiger partial charge on any atom is 0.228 e. The van der Waals surface area contributed by atoms with Crippen molar-refractivity contribution >= 4 is 15.7 Å². The number of imidazole rings is 1. The second kappa shape index (κ2) is 9.38. The fourth-order valence-electron chi connectivity index (χ4n) is 4.14. The molecule has 1 aliphatic carbocycles. The molecule has 9 heteroatoms. The summed E-state index contributed by atoms with van der Waals surface area (Å²) in [6.07, 6.45) is 7.46. The first-order chi connectivity index (χ1) is 15.4. The van der Waals surface area contributed by atoms with E-state index in [1.165, 1.54) is 25.0 Å². The van der Waals surface area contributed by atoms with Crippen LogP contribution in [-0.2, 0) is 21.1 Å². The van der Waals surface area contributed by atoms with Crippen molar-refractivity contribution in [2.75, 3.05) is 25.3 Å². The van der Waals surface area contributed by atoms with Crippen LogP contribution in [0.3, 0.4) is 0 Å². The topological polar surface area (TPSA) is 86.1 Å². The Kier molecular flexibility index (Phi) is 6.57. The molecule has 0 bridgehead atoms. The number of hydrogen-bond acceptors (Lipinski definition) is 6. The van der Waals surface area contributed by atoms with Crippen LogP contribution in [0.5, 0.6) is 0 Å². The molecule has 0 saturated heterocycles. The third-order valence-corrected chi connectivity index (χ3v) is 6.62. The van der Waals surface area contributed by atoms with E-state index in [2.05, 4.69) is 15.3 Å². The van der Waals surface area contributed by atoms with E-state index in [1.54, 1.807) is 30.0 Å². The van der Waals surface area contributed by atoms with E-state index in [4.69, 9.17) is 4.74 Å². The average Bonchev–Trinajstić information content (AvgIpc) is 3.40. The van der Waals surface area contributed by atoms with Gasteiger partial charge in [-0.15, -0.1) is 0 Å². The molecule has 1 saturated carbocycles. The van der Waals surface area contributed by atoms with Crippen LogP contribution in [0.15, 0.2) is 47.8 Å². The van der Waals surface area contributed by atoms with Gasteiger partial charge >= 0.3 is 0 Å². The van der Waals surface area contributed by atoms with E-state index >= 15 is 0 Å². The molecule has 170 valence electrons. The standard InChI is InChI=1S/C23H27FN4O3S/c1-31-14-13-28-22(17-11-12-25-20(15-17)26-19-5-3-4-6-19)21(27-23(28)32(2,29)30)16-7-9-18(24)10-8-16/h7-12,15,19H,3-6,13-14H2,1-2H3,(H,25,26). The number of rotatable bonds is 8. The Morgan fingerprint density at radius 1 is 1.16 bits per heavy atom. The second-order valence-corrected chi connectivity index (χ2v) is 9.98. The van der Waals surface area contributed by atoms with Crippen LogP contribution in [0.4, 0.5) is 10.2 Å². The quantitative estimate of drug-likeness (QED) is 0.546. The Morgan fingerprint density at radius 2 is 1.88 bits per heavy atom. The van der Waals surface area contributed by atoms with Crippen molar-refractivity contribution < 1.29 is 17.5 Å². The summed E-state index contributed by atoms with van der Waals surface area (Å²) in [5.74, 6) is 0.365. The number of aromatic nitrogens is 3. The number of sulfone groups is 1. The molecule has 4 rings (SSSR count). The fourth-order valence-corrected chi connectivity index (χ4v) is 4.98. The first-order valence-electron chi connectivity index (χ1n) is 10.6. The molecule has 0 atom stereocenters. The van der Waals surface area contributed by atoms with Crippen molar-refractivity contribution in [1.82, 2.24) is 14.5 Å². The summed E-state index contributed by atoms with van der Waals surface area (Å²) in [5.41, 5.74) is 2.51. The lowest BCUT2D eigenvalue weighted by atomic mass is 10.1. The molecule has 7 nitrogen and oxygen atoms in total. The smallest absolute Gasteiger partial charge is 0.228 e. The molecule has 2 heterocycles. The first-order valence-corrected chi connectivity index (χ1v) is 12.5. The van der Waals surface area contributed by atoms with Gasteiger partial charge in [0.15, 0.2) is 0 Å². The van der Waals surface area contributed by atoms with Gasteiger partial charge < -0.3 is 14.6 Å². The normalized spacial score (nSPS) is 14.7. The first kappa shape index (κ1) is 22.4. The van der Waals surface area contributed by atoms with Gasteiger partial charge in [0.05, 0.1) is 18.0 Å². The molecule has 2 aromatic heterocycles. The van der Waals surface area contributed by atoms with Gasteiger partial charge in [-0.05, 0) is 49.2 Å². The van der Waals surface area contributed by atoms with E-state index < -0.39 is 9.84 Å². The minimum absolute atomic E-state index is 0.0500. The Hall–Kier alpha value is -2.78. The summed E-state index contributed by atoms with van der Waals surface area (Å²) in [5, 5.41) is 3.43. The Bertz CT molecular complexity index is 1190. The lowest BCUT2D eigenvalue weighted by Crippen LogP contribution is -2.16. The summed E-state index contributed by atoms with van der Waals surface area (Å²) in [6.45, 7) is 0.614. The van der Waals surface area contributed by atoms with Gasteiger partial charge in [0.25, 0.3) is 0 Å². The van der Waals surface area contributed by atoms with Crippen LogP contribution < -0.4 is 5.32 Å². The van der Waals surface area contributed by atoms with Crippen molar-refractivity contribution in [2.24, 2.45) is 0 Å². The number of ether oxygens (including phenoxy) is 1. The molecule has 1 fully saturated rings. The van der Waals surface area contributed by atoms with Gasteiger partial charge in [-0.1, -0.05) is 12.8 Å². The Balaban J connectivity index is 1.88. The van der Waals surface area contributed by atoms with E-state index in [0.717, 1.165) is 30.5 Å². The van der Waals surface area contributed by atoms with Crippen molar-refractivity contribution in [3.05, 3.63) is 48.4 Å². The molecule has 0 spiro atoms. The maximum absolute atomic E-state index is 13.6. The highest BCUT2D eigenvalue weighted by Gasteiger charge is 2.26. The van der Waals surface area contributed by atoms with Crippen molar-refractivity contribution in [2.45, 2.75) is 43.4 Å². The summed E-state index contributed by atoms with van der Waals surface area (Å²) in [7, 11) is -2.06. The monoisotopic (exact) mass is 458 g/mol. The van der Waals surface area contributed by atoms with Gasteiger partial charge in [-0.25, -0.2) is 22.8 Å². The van der Waals surface area contributed by atoms with Crippen LogP contribution >= 0.6 is 0 Å². The zero-order valence-electron chi connectivity index (χ0n) is 18.2. The van der Waals surface area contributed by atoms with Gasteiger partial charge in [0, 0.05) is 43.3 Å². The third-order valence-electron chi connectivity index (χ3n) is 5.64. The van der Waals surface area contributed by atoms with Crippen molar-refractivity contribution in [3.63, 3.8) is 0 Å². The summed E-state index contributed by atoms with van der Waals surface area (Å²) in [4.78, 5) is 8.96. The third kappa shape index (κ3) is 4.83. The molecule has 1 N–H and O–H groups in total. The molecule has 1 aromatic carbocycles. The molecule has 0 unspecified atom stereocenters. The minimum atomic E-state index is -3.63. The minimum Gasteiger partial charge on any atom is -0.383 e. The molecule has 0 radical (unpaired) electrons. The van der Waals surface area contributed by atoms with Crippen LogP contribution in [0.1, 0.15) is 25.7 Å². The Morgan fingerprint density at radius 3 is 2.53 bits per heavy atom. The van der Waals surface area contributed by atoms with E-state index in [1.807, 2.05) is 12.1 Å². The number of anilines is 1. The summed E-state index contributed by atoms with van der Waals surface area (Å²) in [6, 6.07) is 10.0. The highest BCUT2D eigenvalue weighted by molar-refractivity contribution is 7.90. The maximum atomic E-state index is 13.6. The van der Waals surface area contributed by atoms with Gasteiger partial charge in [0.1, 0.15) is 11.6 Å². The second-order valence-electron chi connectivity index (χ2n) is 8.07. The van der Waals surface area contributed by atoms with Crippen LogP contribution in [0, 0.1) is 5.82 Å². The molecule has 32 heavy (non-hydrogen) atoms. The van der Waals surface area contributed by atoms with Crippen molar-refractivity contribution in [3.8, 4) is 22.5 Å². The molecular formula is C23H27FN4O3S. The SMILES string of the molecule is COCCn1c(S(C)(=O)=O)nc(-c2ccc(F)cc2)c1-c1ccnc(NC2CCCC2)c1. The molecule has 1 aliphatic rings. The molecule has 0 amide bonds. The summed E-state index contributed by atoms with van der Waals surface area (Å²) < 4.78 is 45.6. The number of halogens is 1. The Labute approximate surface area is 187 Å². The van der Waals surface area contributed by atoms with E-state index in [-0.39, 0.29) is 11.0 Å². The highest BCUT2D eigenvalue weighted by Crippen LogP contribution is 2.35. The number of pyridine rings is 1. The highest BCUT2D eigenvalue weighted by atomic mass is 32.2. The molecule has 3 aromatic rings. The van der Waals surface area contributed by atoms with Gasteiger partial charge in [-0.2, -0.15) is 0 Å². The number of hydrogen-bond donors (Lipinski definition) is 1. The lowest BCUT2D eigenvalue weighted by molar-refractivity contribution is 0.185. The fraction of sp³-hybridized carbons (Fsp3) is 0.391. The zero-order chi connectivity index (χ0) is 22.7. The van der Waals surface area contributed by atoms with E-state index in [0.29, 0.717) is 36.1 Å². The number of methoxy groups -OCH3 is 1. The lowest BCUT2D eigenvalue weighted by Gasteiger charge is -2.15. The number of benzene rings is 1. The average molecular weight is 459 g/mol. The van der Waals surface area contributed by atoms with Crippen LogP contribution in [0.25, 0.3) is 22.5 Å². The van der Waals surface area contributed by atoms with Crippen LogP contribution in [-0.4, -0.2) is 49.0 Å². The molecular weight excluding hydrogens is 431 g/mol. The molecule has 0 aliphatic heterocycles. The number of nitrogens with one attached hydrogen (secondary N) is 1. The zero-order valence-corrected chi connectivity index (χ0v) is 19.0. The van der Waals surface area contributed by atoms with Crippen LogP contribution in [0.2, 0.25) is 0 Å². The largest absolute Gasteiger partial charge is 0.383 e. The predicted molar refractivity (Wildman–Crippen MR) is 122 cm³/mol. The van der Waals surface area contributed by atoms with E-state index in [9.17, 15) is 12.8 Å². The predicted octanol–water partition coefficient (Wildman–Crippen LogP) is 4.16.